The predicted octanol–water partition coefficient (Wildman–Crippen LogP) is 2.68. The number of nitrogens with zero attached hydrogens (tertiary/aromatic N) is 3. The Labute approximate surface area is 130 Å². The standard InChI is InChI=1S/C12H12Cl2N4OS/c1-7(12(15)19)20-6-8-5-18(17-16-8)9-2-3-10(13)11(14)4-9/h2-5,7H,6H2,1H3,(H2,15,19)/t7-/m0/s1. The summed E-state index contributed by atoms with van der Waals surface area (Å²) in [6.45, 7) is 1.76. The first kappa shape index (κ1) is 15.2. The molecule has 0 aliphatic heterocycles. The fourth-order valence-electron chi connectivity index (χ4n) is 1.41. The molecule has 8 heteroatoms. The number of nitrogens with two attached hydrogens (primary N) is 1. The van der Waals surface area contributed by atoms with Crippen molar-refractivity contribution >= 4 is 40.9 Å². The van der Waals surface area contributed by atoms with Gasteiger partial charge in [0.2, 0.25) is 5.91 Å². The number of primary amides is 1. The van der Waals surface area contributed by atoms with Crippen molar-refractivity contribution in [2.45, 2.75) is 17.9 Å². The van der Waals surface area contributed by atoms with Crippen LogP contribution >= 0.6 is 35.0 Å². The van der Waals surface area contributed by atoms with Crippen LogP contribution in [0.3, 0.4) is 0 Å². The van der Waals surface area contributed by atoms with Crippen molar-refractivity contribution < 1.29 is 4.79 Å². The largest absolute Gasteiger partial charge is 0.369 e. The van der Waals surface area contributed by atoms with Gasteiger partial charge in [0, 0.05) is 5.75 Å². The summed E-state index contributed by atoms with van der Waals surface area (Å²) < 4.78 is 1.60. The Bertz CT molecular complexity index is 632. The molecule has 0 aliphatic rings. The van der Waals surface area contributed by atoms with Crippen LogP contribution in [-0.4, -0.2) is 26.2 Å². The monoisotopic (exact) mass is 330 g/mol. The van der Waals surface area contributed by atoms with Gasteiger partial charge in [-0.25, -0.2) is 4.68 Å². The molecule has 1 heterocycles. The Morgan fingerprint density at radius 3 is 2.85 bits per heavy atom. The van der Waals surface area contributed by atoms with E-state index in [0.29, 0.717) is 15.8 Å². The number of rotatable bonds is 5. The highest BCUT2D eigenvalue weighted by Gasteiger charge is 2.11. The van der Waals surface area contributed by atoms with Crippen molar-refractivity contribution in [2.75, 3.05) is 0 Å². The Hall–Kier alpha value is -1.24. The Balaban J connectivity index is 2.08. The normalized spacial score (nSPS) is 12.3. The van der Waals surface area contributed by atoms with Crippen LogP contribution in [0.5, 0.6) is 0 Å². The van der Waals surface area contributed by atoms with Gasteiger partial charge < -0.3 is 5.73 Å². The molecular weight excluding hydrogens is 319 g/mol. The first-order chi connectivity index (χ1) is 9.47. The van der Waals surface area contributed by atoms with Crippen LogP contribution < -0.4 is 5.73 Å². The summed E-state index contributed by atoms with van der Waals surface area (Å²) in [6.07, 6.45) is 1.78. The fraction of sp³-hybridized carbons (Fsp3) is 0.250. The Morgan fingerprint density at radius 2 is 2.20 bits per heavy atom. The zero-order chi connectivity index (χ0) is 14.7. The average molecular weight is 331 g/mol. The first-order valence-electron chi connectivity index (χ1n) is 5.75. The third-order valence-corrected chi connectivity index (χ3v) is 4.52. The van der Waals surface area contributed by atoms with E-state index >= 15 is 0 Å². The highest BCUT2D eigenvalue weighted by atomic mass is 35.5. The van der Waals surface area contributed by atoms with Crippen molar-refractivity contribution in [1.29, 1.82) is 0 Å². The van der Waals surface area contributed by atoms with Gasteiger partial charge in [0.1, 0.15) is 0 Å². The molecule has 1 aromatic carbocycles. The molecule has 0 bridgehead atoms. The molecule has 0 saturated heterocycles. The van der Waals surface area contributed by atoms with Crippen LogP contribution in [0.4, 0.5) is 0 Å². The van der Waals surface area contributed by atoms with Crippen LogP contribution in [0.25, 0.3) is 5.69 Å². The number of aromatic nitrogens is 3. The molecule has 0 aliphatic carbocycles. The van der Waals surface area contributed by atoms with E-state index in [9.17, 15) is 4.79 Å². The molecule has 0 radical (unpaired) electrons. The SMILES string of the molecule is C[C@H](SCc1cn(-c2ccc(Cl)c(Cl)c2)nn1)C(N)=O. The lowest BCUT2D eigenvalue weighted by molar-refractivity contribution is -0.117. The number of thioether (sulfide) groups is 1. The van der Waals surface area contributed by atoms with Crippen LogP contribution in [0.1, 0.15) is 12.6 Å². The van der Waals surface area contributed by atoms with E-state index in [1.807, 2.05) is 0 Å². The maximum absolute atomic E-state index is 10.9. The molecule has 2 aromatic rings. The number of amides is 1. The molecular formula is C12H12Cl2N4OS. The van der Waals surface area contributed by atoms with Crippen LogP contribution in [0, 0.1) is 0 Å². The minimum absolute atomic E-state index is 0.259. The Kier molecular flexibility index (Phi) is 4.91. The van der Waals surface area contributed by atoms with Gasteiger partial charge >= 0.3 is 0 Å². The number of halogens is 2. The number of benzene rings is 1. The summed E-state index contributed by atoms with van der Waals surface area (Å²) >= 11 is 13.2. The number of carbonyl (C=O) groups is 1. The molecule has 0 saturated carbocycles. The third-order valence-electron chi connectivity index (χ3n) is 2.59. The smallest absolute Gasteiger partial charge is 0.230 e. The van der Waals surface area contributed by atoms with Gasteiger partial charge in [0.15, 0.2) is 0 Å². The molecule has 2 rings (SSSR count). The van der Waals surface area contributed by atoms with Gasteiger partial charge in [-0.2, -0.15) is 0 Å². The lowest BCUT2D eigenvalue weighted by Crippen LogP contribution is -2.22. The van der Waals surface area contributed by atoms with E-state index in [1.165, 1.54) is 11.8 Å². The second-order valence-corrected chi connectivity index (χ2v) is 6.25. The third kappa shape index (κ3) is 3.65. The summed E-state index contributed by atoms with van der Waals surface area (Å²) in [4.78, 5) is 10.9. The van der Waals surface area contributed by atoms with Crippen LogP contribution in [0.2, 0.25) is 10.0 Å². The highest BCUT2D eigenvalue weighted by molar-refractivity contribution is 7.99. The molecule has 2 N–H and O–H groups in total. The minimum atomic E-state index is -0.341. The summed E-state index contributed by atoms with van der Waals surface area (Å²) in [5.41, 5.74) is 6.73. The van der Waals surface area contributed by atoms with Crippen LogP contribution in [-0.2, 0) is 10.5 Å². The summed E-state index contributed by atoms with van der Waals surface area (Å²) in [7, 11) is 0. The van der Waals surface area contributed by atoms with E-state index in [0.717, 1.165) is 11.4 Å². The molecule has 0 unspecified atom stereocenters. The van der Waals surface area contributed by atoms with Crippen molar-refractivity contribution in [2.24, 2.45) is 5.73 Å². The van der Waals surface area contributed by atoms with E-state index in [4.69, 9.17) is 28.9 Å². The van der Waals surface area contributed by atoms with E-state index in [-0.39, 0.29) is 11.2 Å². The maximum Gasteiger partial charge on any atom is 0.230 e. The minimum Gasteiger partial charge on any atom is -0.369 e. The summed E-state index contributed by atoms with van der Waals surface area (Å²) in [6, 6.07) is 5.21. The topological polar surface area (TPSA) is 73.8 Å². The van der Waals surface area contributed by atoms with E-state index in [1.54, 1.807) is 36.0 Å². The van der Waals surface area contributed by atoms with E-state index in [2.05, 4.69) is 10.3 Å². The number of hydrogen-bond acceptors (Lipinski definition) is 4. The van der Waals surface area contributed by atoms with Gasteiger partial charge in [-0.05, 0) is 25.1 Å². The van der Waals surface area contributed by atoms with Crippen molar-refractivity contribution in [3.63, 3.8) is 0 Å². The second kappa shape index (κ2) is 6.47. The number of carbonyl (C=O) groups excluding carboxylic acids is 1. The van der Waals surface area contributed by atoms with Crippen LogP contribution in [0.15, 0.2) is 24.4 Å². The van der Waals surface area contributed by atoms with Gasteiger partial charge in [0.05, 0.1) is 32.9 Å². The van der Waals surface area contributed by atoms with Crippen molar-refractivity contribution in [1.82, 2.24) is 15.0 Å². The predicted molar refractivity (Wildman–Crippen MR) is 81.3 cm³/mol. The lowest BCUT2D eigenvalue weighted by Gasteiger charge is -2.04. The second-order valence-electron chi connectivity index (χ2n) is 4.11. The van der Waals surface area contributed by atoms with Gasteiger partial charge in [-0.15, -0.1) is 16.9 Å². The van der Waals surface area contributed by atoms with E-state index < -0.39 is 0 Å². The van der Waals surface area contributed by atoms with Gasteiger partial charge in [-0.1, -0.05) is 28.4 Å². The quantitative estimate of drug-likeness (QED) is 0.914. The maximum atomic E-state index is 10.9. The molecule has 0 spiro atoms. The molecule has 5 nitrogen and oxygen atoms in total. The fourth-order valence-corrected chi connectivity index (χ4v) is 2.42. The molecule has 1 atom stereocenters. The van der Waals surface area contributed by atoms with Crippen molar-refractivity contribution in [3.8, 4) is 5.69 Å². The van der Waals surface area contributed by atoms with Crippen molar-refractivity contribution in [3.05, 3.63) is 40.1 Å². The van der Waals surface area contributed by atoms with Gasteiger partial charge in [0.25, 0.3) is 0 Å². The first-order valence-corrected chi connectivity index (χ1v) is 7.55. The zero-order valence-corrected chi connectivity index (χ0v) is 12.9. The molecule has 106 valence electrons. The molecule has 20 heavy (non-hydrogen) atoms. The summed E-state index contributed by atoms with van der Waals surface area (Å²) in [5, 5.41) is 8.74. The molecule has 0 fully saturated rings. The Morgan fingerprint density at radius 1 is 1.45 bits per heavy atom. The molecule has 1 amide bonds. The lowest BCUT2D eigenvalue weighted by atomic mass is 10.3. The number of hydrogen-bond donors (Lipinski definition) is 1. The average Bonchev–Trinajstić information content (AvgIpc) is 2.87. The summed E-state index contributed by atoms with van der Waals surface area (Å²) in [5.74, 6) is 0.220. The molecule has 1 aromatic heterocycles. The highest BCUT2D eigenvalue weighted by Crippen LogP contribution is 2.24. The van der Waals surface area contributed by atoms with Gasteiger partial charge in [-0.3, -0.25) is 4.79 Å². The zero-order valence-electron chi connectivity index (χ0n) is 10.6.